The molecule has 1 aliphatic rings. The maximum Gasteiger partial charge on any atom is 0.410 e. The Labute approximate surface area is 150 Å². The topological polar surface area (TPSA) is 80.0 Å². The van der Waals surface area contributed by atoms with Crippen LogP contribution in [-0.4, -0.2) is 41.7 Å². The normalized spacial score (nSPS) is 18.8. The molecule has 138 valence electrons. The highest BCUT2D eigenvalue weighted by Gasteiger charge is 2.30. The number of piperidine rings is 1. The van der Waals surface area contributed by atoms with Crippen molar-refractivity contribution >= 4 is 17.7 Å². The summed E-state index contributed by atoms with van der Waals surface area (Å²) >= 11 is 0. The fourth-order valence-electron chi connectivity index (χ4n) is 2.78. The van der Waals surface area contributed by atoms with E-state index >= 15 is 0 Å². The van der Waals surface area contributed by atoms with Crippen molar-refractivity contribution in [2.75, 3.05) is 18.4 Å². The standard InChI is InChI=1S/C19H30N4O2/c1-14-8-10-15(11-9-14)22-17(20)21-13-16-7-5-6-12-23(16)18(24)25-19(2,3)4/h8-11,16H,5-7,12-13H2,1-4H3,(H3,20,21,22). The zero-order chi connectivity index (χ0) is 18.4. The second kappa shape index (κ2) is 8.23. The number of nitrogens with zero attached hydrogens (tertiary/aromatic N) is 2. The molecule has 2 rings (SSSR count). The number of benzene rings is 1. The molecule has 3 N–H and O–H groups in total. The van der Waals surface area contributed by atoms with Crippen LogP contribution in [0.3, 0.4) is 0 Å². The van der Waals surface area contributed by atoms with Crippen LogP contribution in [0.2, 0.25) is 0 Å². The Morgan fingerprint density at radius 3 is 2.64 bits per heavy atom. The SMILES string of the molecule is Cc1ccc(NC(N)=NCC2CCCCN2C(=O)OC(C)(C)C)cc1. The number of ether oxygens (including phenoxy) is 1. The summed E-state index contributed by atoms with van der Waals surface area (Å²) in [4.78, 5) is 18.6. The molecule has 6 heteroatoms. The van der Waals surface area contributed by atoms with Gasteiger partial charge in [-0.3, -0.25) is 4.99 Å². The summed E-state index contributed by atoms with van der Waals surface area (Å²) in [7, 11) is 0. The average molecular weight is 346 g/mol. The van der Waals surface area contributed by atoms with Gasteiger partial charge in [0.15, 0.2) is 5.96 Å². The van der Waals surface area contributed by atoms with E-state index in [0.717, 1.165) is 24.9 Å². The first-order valence-corrected chi connectivity index (χ1v) is 8.88. The first kappa shape index (κ1) is 19.1. The van der Waals surface area contributed by atoms with Gasteiger partial charge in [0.2, 0.25) is 0 Å². The van der Waals surface area contributed by atoms with Gasteiger partial charge in [-0.05, 0) is 59.1 Å². The lowest BCUT2D eigenvalue weighted by atomic mass is 10.0. The van der Waals surface area contributed by atoms with Gasteiger partial charge in [0.1, 0.15) is 5.60 Å². The van der Waals surface area contributed by atoms with Crippen LogP contribution in [0.5, 0.6) is 0 Å². The van der Waals surface area contributed by atoms with Gasteiger partial charge >= 0.3 is 6.09 Å². The van der Waals surface area contributed by atoms with Crippen LogP contribution in [0.25, 0.3) is 0 Å². The van der Waals surface area contributed by atoms with E-state index < -0.39 is 5.60 Å². The van der Waals surface area contributed by atoms with Gasteiger partial charge in [0.25, 0.3) is 0 Å². The van der Waals surface area contributed by atoms with E-state index in [4.69, 9.17) is 10.5 Å². The Kier molecular flexibility index (Phi) is 6.28. The van der Waals surface area contributed by atoms with Gasteiger partial charge < -0.3 is 20.7 Å². The summed E-state index contributed by atoms with van der Waals surface area (Å²) in [5, 5.41) is 3.08. The molecular formula is C19H30N4O2. The van der Waals surface area contributed by atoms with Gasteiger partial charge in [-0.1, -0.05) is 17.7 Å². The molecule has 25 heavy (non-hydrogen) atoms. The third kappa shape index (κ3) is 6.29. The number of anilines is 1. The van der Waals surface area contributed by atoms with Crippen LogP contribution in [-0.2, 0) is 4.74 Å². The second-order valence-corrected chi connectivity index (χ2v) is 7.54. The predicted octanol–water partition coefficient (Wildman–Crippen LogP) is 3.51. The summed E-state index contributed by atoms with van der Waals surface area (Å²) in [6.45, 7) is 8.86. The molecule has 0 radical (unpaired) electrons. The average Bonchev–Trinajstić information content (AvgIpc) is 2.54. The number of aryl methyl sites for hydroxylation is 1. The number of rotatable bonds is 3. The number of amides is 1. The number of hydrogen-bond donors (Lipinski definition) is 2. The van der Waals surface area contributed by atoms with Crippen molar-refractivity contribution < 1.29 is 9.53 Å². The largest absolute Gasteiger partial charge is 0.444 e. The maximum atomic E-state index is 12.4. The Hall–Kier alpha value is -2.24. The number of likely N-dealkylation sites (tertiary alicyclic amines) is 1. The van der Waals surface area contributed by atoms with Crippen LogP contribution in [0, 0.1) is 6.92 Å². The number of carbonyl (C=O) groups is 1. The molecule has 1 aromatic carbocycles. The molecule has 1 aliphatic heterocycles. The highest BCUT2D eigenvalue weighted by Crippen LogP contribution is 2.20. The van der Waals surface area contributed by atoms with Gasteiger partial charge in [-0.15, -0.1) is 0 Å². The van der Waals surface area contributed by atoms with Gasteiger partial charge in [0.05, 0.1) is 12.6 Å². The van der Waals surface area contributed by atoms with Crippen molar-refractivity contribution in [3.8, 4) is 0 Å². The molecule has 1 saturated heterocycles. The fraction of sp³-hybridized carbons (Fsp3) is 0.579. The third-order valence-electron chi connectivity index (χ3n) is 4.05. The number of carbonyl (C=O) groups excluding carboxylic acids is 1. The van der Waals surface area contributed by atoms with E-state index in [-0.39, 0.29) is 12.1 Å². The monoisotopic (exact) mass is 346 g/mol. The van der Waals surface area contributed by atoms with Gasteiger partial charge in [-0.25, -0.2) is 4.79 Å². The molecule has 1 atom stereocenters. The zero-order valence-electron chi connectivity index (χ0n) is 15.7. The second-order valence-electron chi connectivity index (χ2n) is 7.54. The molecule has 1 amide bonds. The minimum absolute atomic E-state index is 0.0296. The number of nitrogens with two attached hydrogens (primary N) is 1. The minimum Gasteiger partial charge on any atom is -0.444 e. The number of aliphatic imine (C=N–C) groups is 1. The van der Waals surface area contributed by atoms with Crippen LogP contribution >= 0.6 is 0 Å². The molecular weight excluding hydrogens is 316 g/mol. The summed E-state index contributed by atoms with van der Waals surface area (Å²) in [5.41, 5.74) is 7.59. The van der Waals surface area contributed by atoms with E-state index in [9.17, 15) is 4.79 Å². The molecule has 1 heterocycles. The molecule has 1 fully saturated rings. The fourth-order valence-corrected chi connectivity index (χ4v) is 2.78. The molecule has 1 unspecified atom stereocenters. The zero-order valence-corrected chi connectivity index (χ0v) is 15.7. The molecule has 0 aromatic heterocycles. The third-order valence-corrected chi connectivity index (χ3v) is 4.05. The molecule has 1 aromatic rings. The Morgan fingerprint density at radius 1 is 1.32 bits per heavy atom. The predicted molar refractivity (Wildman–Crippen MR) is 102 cm³/mol. The highest BCUT2D eigenvalue weighted by molar-refractivity contribution is 5.92. The van der Waals surface area contributed by atoms with Crippen molar-refractivity contribution in [3.05, 3.63) is 29.8 Å². The molecule has 0 saturated carbocycles. The molecule has 6 nitrogen and oxygen atoms in total. The van der Waals surface area contributed by atoms with Crippen molar-refractivity contribution in [2.45, 2.75) is 58.6 Å². The van der Waals surface area contributed by atoms with Crippen molar-refractivity contribution in [2.24, 2.45) is 10.7 Å². The summed E-state index contributed by atoms with van der Waals surface area (Å²) in [5.74, 6) is 0.360. The van der Waals surface area contributed by atoms with Crippen LogP contribution < -0.4 is 11.1 Å². The van der Waals surface area contributed by atoms with Crippen LogP contribution in [0.4, 0.5) is 10.5 Å². The first-order valence-electron chi connectivity index (χ1n) is 8.88. The Morgan fingerprint density at radius 2 is 2.00 bits per heavy atom. The van der Waals surface area contributed by atoms with Crippen molar-refractivity contribution in [3.63, 3.8) is 0 Å². The quantitative estimate of drug-likeness (QED) is 0.648. The number of nitrogens with one attached hydrogen (secondary N) is 1. The van der Waals surface area contributed by atoms with E-state index in [1.807, 2.05) is 52.0 Å². The highest BCUT2D eigenvalue weighted by atomic mass is 16.6. The lowest BCUT2D eigenvalue weighted by molar-refractivity contribution is 0.0110. The van der Waals surface area contributed by atoms with Crippen LogP contribution in [0.1, 0.15) is 45.6 Å². The molecule has 0 aliphatic carbocycles. The van der Waals surface area contributed by atoms with E-state index in [1.165, 1.54) is 5.56 Å². The lowest BCUT2D eigenvalue weighted by Crippen LogP contribution is -2.47. The van der Waals surface area contributed by atoms with E-state index in [2.05, 4.69) is 10.3 Å². The summed E-state index contributed by atoms with van der Waals surface area (Å²) in [6.07, 6.45) is 2.74. The molecule has 0 bridgehead atoms. The lowest BCUT2D eigenvalue weighted by Gasteiger charge is -2.36. The number of guanidine groups is 1. The van der Waals surface area contributed by atoms with E-state index in [1.54, 1.807) is 4.90 Å². The summed E-state index contributed by atoms with van der Waals surface area (Å²) in [6, 6.07) is 7.99. The Balaban J connectivity index is 1.95. The van der Waals surface area contributed by atoms with Crippen molar-refractivity contribution in [1.82, 2.24) is 4.90 Å². The number of hydrogen-bond acceptors (Lipinski definition) is 3. The van der Waals surface area contributed by atoms with Crippen molar-refractivity contribution in [1.29, 1.82) is 0 Å². The van der Waals surface area contributed by atoms with Gasteiger partial charge in [-0.2, -0.15) is 0 Å². The van der Waals surface area contributed by atoms with Crippen LogP contribution in [0.15, 0.2) is 29.3 Å². The van der Waals surface area contributed by atoms with E-state index in [0.29, 0.717) is 19.0 Å². The molecule has 0 spiro atoms. The summed E-state index contributed by atoms with van der Waals surface area (Å²) < 4.78 is 5.51. The maximum absolute atomic E-state index is 12.4. The van der Waals surface area contributed by atoms with Gasteiger partial charge in [0, 0.05) is 12.2 Å². The first-order chi connectivity index (χ1) is 11.7. The Bertz CT molecular complexity index is 605. The smallest absolute Gasteiger partial charge is 0.410 e. The minimum atomic E-state index is -0.492.